The molecule has 0 N–H and O–H groups in total. The summed E-state index contributed by atoms with van der Waals surface area (Å²) in [6.07, 6.45) is 5.07. The van der Waals surface area contributed by atoms with Crippen LogP contribution < -0.4 is 14.4 Å². The van der Waals surface area contributed by atoms with Crippen LogP contribution in [0.5, 0.6) is 11.5 Å². The van der Waals surface area contributed by atoms with E-state index in [1.807, 2.05) is 35.2 Å². The molecule has 0 aliphatic carbocycles. The van der Waals surface area contributed by atoms with Gasteiger partial charge in [-0.3, -0.25) is 9.78 Å². The number of pyridine rings is 1. The van der Waals surface area contributed by atoms with Crippen molar-refractivity contribution in [3.63, 3.8) is 0 Å². The zero-order valence-electron chi connectivity index (χ0n) is 17.0. The van der Waals surface area contributed by atoms with Crippen molar-refractivity contribution in [2.45, 2.75) is 0 Å². The van der Waals surface area contributed by atoms with Crippen LogP contribution in [0.25, 0.3) is 11.3 Å². The van der Waals surface area contributed by atoms with Crippen LogP contribution in [0.1, 0.15) is 10.5 Å². The minimum absolute atomic E-state index is 0.0730. The molecule has 30 heavy (non-hydrogen) atoms. The summed E-state index contributed by atoms with van der Waals surface area (Å²) in [5.74, 6) is 2.03. The fraction of sp³-hybridized carbons (Fsp3) is 0.273. The smallest absolute Gasteiger partial charge is 0.272 e. The Labute approximate surface area is 175 Å². The highest BCUT2D eigenvalue weighted by molar-refractivity contribution is 5.93. The Kier molecular flexibility index (Phi) is 5.74. The number of aromatic nitrogens is 3. The van der Waals surface area contributed by atoms with Crippen LogP contribution >= 0.6 is 0 Å². The summed E-state index contributed by atoms with van der Waals surface area (Å²) in [4.78, 5) is 30.0. The second-order valence-corrected chi connectivity index (χ2v) is 6.82. The van der Waals surface area contributed by atoms with E-state index in [-0.39, 0.29) is 5.91 Å². The molecule has 1 aliphatic rings. The van der Waals surface area contributed by atoms with Crippen molar-refractivity contribution < 1.29 is 14.3 Å². The van der Waals surface area contributed by atoms with Gasteiger partial charge in [-0.2, -0.15) is 0 Å². The Bertz CT molecular complexity index is 1020. The van der Waals surface area contributed by atoms with Crippen molar-refractivity contribution in [2.75, 3.05) is 45.3 Å². The van der Waals surface area contributed by atoms with Crippen molar-refractivity contribution in [1.82, 2.24) is 19.9 Å². The van der Waals surface area contributed by atoms with Crippen LogP contribution in [0.2, 0.25) is 0 Å². The number of hydrogen-bond acceptors (Lipinski definition) is 7. The second kappa shape index (κ2) is 8.77. The number of methoxy groups -OCH3 is 2. The van der Waals surface area contributed by atoms with Crippen molar-refractivity contribution in [2.24, 2.45) is 0 Å². The number of benzene rings is 1. The van der Waals surface area contributed by atoms with Gasteiger partial charge in [-0.1, -0.05) is 6.07 Å². The minimum Gasteiger partial charge on any atom is -0.493 e. The van der Waals surface area contributed by atoms with E-state index < -0.39 is 0 Å². The number of hydrogen-bond donors (Lipinski definition) is 0. The number of piperazine rings is 1. The summed E-state index contributed by atoms with van der Waals surface area (Å²) in [5.41, 5.74) is 1.99. The molecule has 1 amide bonds. The van der Waals surface area contributed by atoms with E-state index >= 15 is 0 Å². The largest absolute Gasteiger partial charge is 0.493 e. The maximum absolute atomic E-state index is 13.0. The van der Waals surface area contributed by atoms with E-state index in [1.165, 1.54) is 0 Å². The van der Waals surface area contributed by atoms with Gasteiger partial charge in [0, 0.05) is 44.1 Å². The molecule has 0 bridgehead atoms. The summed E-state index contributed by atoms with van der Waals surface area (Å²) in [6, 6.07) is 11.1. The predicted octanol–water partition coefficient (Wildman–Crippen LogP) is 2.52. The molecule has 154 valence electrons. The van der Waals surface area contributed by atoms with Gasteiger partial charge in [-0.25, -0.2) is 9.97 Å². The molecule has 1 aliphatic heterocycles. The van der Waals surface area contributed by atoms with Gasteiger partial charge in [-0.15, -0.1) is 0 Å². The molecule has 0 saturated carbocycles. The molecular weight excluding hydrogens is 382 g/mol. The summed E-state index contributed by atoms with van der Waals surface area (Å²) in [6.45, 7) is 2.63. The topological polar surface area (TPSA) is 80.7 Å². The molecule has 3 aromatic rings. The van der Waals surface area contributed by atoms with Crippen LogP contribution in [-0.4, -0.2) is 66.2 Å². The van der Waals surface area contributed by atoms with E-state index in [0.717, 1.165) is 11.4 Å². The lowest BCUT2D eigenvalue weighted by atomic mass is 10.1. The van der Waals surface area contributed by atoms with Gasteiger partial charge < -0.3 is 19.3 Å². The van der Waals surface area contributed by atoms with Crippen molar-refractivity contribution in [1.29, 1.82) is 0 Å². The van der Waals surface area contributed by atoms with Gasteiger partial charge in [0.1, 0.15) is 11.5 Å². The molecule has 3 heterocycles. The van der Waals surface area contributed by atoms with Crippen molar-refractivity contribution >= 4 is 11.7 Å². The molecule has 1 saturated heterocycles. The molecule has 8 nitrogen and oxygen atoms in total. The number of amides is 1. The van der Waals surface area contributed by atoms with E-state index in [4.69, 9.17) is 9.47 Å². The number of carbonyl (C=O) groups excluding carboxylic acids is 1. The Balaban J connectivity index is 1.48. The first-order valence-corrected chi connectivity index (χ1v) is 9.69. The normalized spacial score (nSPS) is 13.8. The summed E-state index contributed by atoms with van der Waals surface area (Å²) >= 11 is 0. The third-order valence-corrected chi connectivity index (χ3v) is 5.09. The molecule has 0 atom stereocenters. The van der Waals surface area contributed by atoms with Gasteiger partial charge in [-0.05, 0) is 30.3 Å². The fourth-order valence-corrected chi connectivity index (χ4v) is 3.47. The zero-order valence-corrected chi connectivity index (χ0v) is 17.0. The minimum atomic E-state index is -0.0730. The van der Waals surface area contributed by atoms with E-state index in [9.17, 15) is 4.79 Å². The SMILES string of the molecule is COc1ccc(-c2cccc(C(=O)N3CCN(c4cnccn4)CC3)n2)cc1OC. The van der Waals surface area contributed by atoms with Crippen LogP contribution in [0.15, 0.2) is 55.0 Å². The first kappa shape index (κ1) is 19.6. The summed E-state index contributed by atoms with van der Waals surface area (Å²) < 4.78 is 10.7. The van der Waals surface area contributed by atoms with Crippen molar-refractivity contribution in [3.8, 4) is 22.8 Å². The van der Waals surface area contributed by atoms with Gasteiger partial charge in [0.15, 0.2) is 11.5 Å². The molecule has 1 fully saturated rings. The Morgan fingerprint density at radius 1 is 0.967 bits per heavy atom. The third kappa shape index (κ3) is 4.03. The van der Waals surface area contributed by atoms with Crippen LogP contribution in [0.4, 0.5) is 5.82 Å². The highest BCUT2D eigenvalue weighted by Gasteiger charge is 2.24. The lowest BCUT2D eigenvalue weighted by Crippen LogP contribution is -2.49. The van der Waals surface area contributed by atoms with Gasteiger partial charge >= 0.3 is 0 Å². The second-order valence-electron chi connectivity index (χ2n) is 6.82. The molecule has 0 unspecified atom stereocenters. The van der Waals surface area contributed by atoms with Crippen LogP contribution in [0.3, 0.4) is 0 Å². The molecular formula is C22H23N5O3. The van der Waals surface area contributed by atoms with Gasteiger partial charge in [0.05, 0.1) is 26.1 Å². The quantitative estimate of drug-likeness (QED) is 0.645. The molecule has 0 spiro atoms. The first-order valence-electron chi connectivity index (χ1n) is 9.69. The lowest BCUT2D eigenvalue weighted by molar-refractivity contribution is 0.0740. The molecule has 8 heteroatoms. The zero-order chi connectivity index (χ0) is 20.9. The summed E-state index contributed by atoms with van der Waals surface area (Å²) in [7, 11) is 3.19. The molecule has 2 aromatic heterocycles. The van der Waals surface area contributed by atoms with E-state index in [1.54, 1.807) is 38.9 Å². The molecule has 0 radical (unpaired) electrons. The number of anilines is 1. The van der Waals surface area contributed by atoms with E-state index in [2.05, 4.69) is 19.9 Å². The van der Waals surface area contributed by atoms with E-state index in [0.29, 0.717) is 49.1 Å². The Hall–Kier alpha value is -3.68. The average molecular weight is 405 g/mol. The standard InChI is InChI=1S/C22H23N5O3/c1-29-19-7-6-16(14-20(19)30-2)17-4-3-5-18(25-17)22(28)27-12-10-26(11-13-27)21-15-23-8-9-24-21/h3-9,14-15H,10-13H2,1-2H3. The predicted molar refractivity (Wildman–Crippen MR) is 113 cm³/mol. The first-order chi connectivity index (χ1) is 14.7. The molecule has 4 rings (SSSR count). The number of rotatable bonds is 5. The average Bonchev–Trinajstić information content (AvgIpc) is 2.84. The van der Waals surface area contributed by atoms with Crippen molar-refractivity contribution in [3.05, 3.63) is 60.7 Å². The highest BCUT2D eigenvalue weighted by atomic mass is 16.5. The van der Waals surface area contributed by atoms with Gasteiger partial charge in [0.2, 0.25) is 0 Å². The maximum Gasteiger partial charge on any atom is 0.272 e. The number of carbonyl (C=O) groups is 1. The highest BCUT2D eigenvalue weighted by Crippen LogP contribution is 2.31. The molecule has 1 aromatic carbocycles. The fourth-order valence-electron chi connectivity index (χ4n) is 3.47. The maximum atomic E-state index is 13.0. The Morgan fingerprint density at radius 3 is 2.47 bits per heavy atom. The number of nitrogens with zero attached hydrogens (tertiary/aromatic N) is 5. The Morgan fingerprint density at radius 2 is 1.77 bits per heavy atom. The monoisotopic (exact) mass is 405 g/mol. The van der Waals surface area contributed by atoms with Gasteiger partial charge in [0.25, 0.3) is 5.91 Å². The summed E-state index contributed by atoms with van der Waals surface area (Å²) in [5, 5.41) is 0. The lowest BCUT2D eigenvalue weighted by Gasteiger charge is -2.35. The van der Waals surface area contributed by atoms with Crippen LogP contribution in [-0.2, 0) is 0 Å². The number of ether oxygens (including phenoxy) is 2. The van der Waals surface area contributed by atoms with Crippen LogP contribution in [0, 0.1) is 0 Å². The third-order valence-electron chi connectivity index (χ3n) is 5.09.